The first kappa shape index (κ1) is 12.7. The van der Waals surface area contributed by atoms with E-state index in [0.29, 0.717) is 18.3 Å². The molecule has 0 saturated heterocycles. The van der Waals surface area contributed by atoms with Gasteiger partial charge in [-0.2, -0.15) is 4.98 Å². The van der Waals surface area contributed by atoms with E-state index in [1.165, 1.54) is 0 Å². The maximum Gasteiger partial charge on any atom is 0.258 e. The van der Waals surface area contributed by atoms with Crippen molar-refractivity contribution in [1.29, 1.82) is 0 Å². The summed E-state index contributed by atoms with van der Waals surface area (Å²) in [5.41, 5.74) is 7.61. The molecule has 0 aliphatic rings. The highest BCUT2D eigenvalue weighted by atomic mass is 16.5. The van der Waals surface area contributed by atoms with Crippen molar-refractivity contribution in [2.24, 2.45) is 5.73 Å². The monoisotopic (exact) mass is 247 g/mol. The van der Waals surface area contributed by atoms with Gasteiger partial charge in [0.25, 0.3) is 5.89 Å². The van der Waals surface area contributed by atoms with Gasteiger partial charge in [-0.05, 0) is 37.6 Å². The van der Waals surface area contributed by atoms with Crippen LogP contribution in [-0.4, -0.2) is 23.8 Å². The highest BCUT2D eigenvalue weighted by molar-refractivity contribution is 5.54. The zero-order valence-corrected chi connectivity index (χ0v) is 10.6. The van der Waals surface area contributed by atoms with Gasteiger partial charge in [-0.15, -0.1) is 0 Å². The third kappa shape index (κ3) is 2.75. The highest BCUT2D eigenvalue weighted by Gasteiger charge is 2.14. The first-order chi connectivity index (χ1) is 8.74. The first-order valence-corrected chi connectivity index (χ1v) is 5.90. The molecule has 0 aliphatic carbocycles. The van der Waals surface area contributed by atoms with Gasteiger partial charge in [0.05, 0.1) is 0 Å². The highest BCUT2D eigenvalue weighted by Crippen LogP contribution is 2.21. The first-order valence-electron chi connectivity index (χ1n) is 5.90. The summed E-state index contributed by atoms with van der Waals surface area (Å²) < 4.78 is 10.4. The fraction of sp³-hybridized carbons (Fsp3) is 0.385. The van der Waals surface area contributed by atoms with Gasteiger partial charge in [0.2, 0.25) is 5.82 Å². The summed E-state index contributed by atoms with van der Waals surface area (Å²) >= 11 is 0. The van der Waals surface area contributed by atoms with Gasteiger partial charge in [0.1, 0.15) is 6.10 Å². The van der Waals surface area contributed by atoms with E-state index < -0.39 is 0 Å². The number of methoxy groups -OCH3 is 1. The van der Waals surface area contributed by atoms with E-state index >= 15 is 0 Å². The Morgan fingerprint density at radius 2 is 2.28 bits per heavy atom. The van der Waals surface area contributed by atoms with Crippen LogP contribution < -0.4 is 5.73 Å². The molecule has 0 spiro atoms. The van der Waals surface area contributed by atoms with Gasteiger partial charge < -0.3 is 15.0 Å². The Morgan fingerprint density at radius 1 is 1.44 bits per heavy atom. The Bertz CT molecular complexity index is 510. The van der Waals surface area contributed by atoms with Crippen LogP contribution in [0.1, 0.15) is 24.4 Å². The largest absolute Gasteiger partial charge is 0.374 e. The standard InChI is InChI=1S/C13H17N3O2/c1-9(17-2)12-15-13(18-16-12)11-5-3-4-10(8-11)6-7-14/h3-5,8-9H,6-7,14H2,1-2H3. The molecule has 0 radical (unpaired) electrons. The zero-order chi connectivity index (χ0) is 13.0. The topological polar surface area (TPSA) is 74.2 Å². The lowest BCUT2D eigenvalue weighted by atomic mass is 10.1. The molecule has 5 nitrogen and oxygen atoms in total. The van der Waals surface area contributed by atoms with Crippen molar-refractivity contribution >= 4 is 0 Å². The van der Waals surface area contributed by atoms with Gasteiger partial charge in [0.15, 0.2) is 0 Å². The predicted molar refractivity (Wildman–Crippen MR) is 67.9 cm³/mol. The van der Waals surface area contributed by atoms with E-state index in [1.807, 2.05) is 31.2 Å². The van der Waals surface area contributed by atoms with Gasteiger partial charge in [-0.1, -0.05) is 17.3 Å². The number of ether oxygens (including phenoxy) is 1. The van der Waals surface area contributed by atoms with Crippen LogP contribution >= 0.6 is 0 Å². The fourth-order valence-electron chi connectivity index (χ4n) is 1.65. The number of rotatable bonds is 5. The quantitative estimate of drug-likeness (QED) is 0.874. The number of aromatic nitrogens is 2. The van der Waals surface area contributed by atoms with Crippen LogP contribution in [0, 0.1) is 0 Å². The molecule has 1 heterocycles. The maximum atomic E-state index is 5.54. The Kier molecular flexibility index (Phi) is 4.07. The Labute approximate surface area is 106 Å². The SMILES string of the molecule is COC(C)c1noc(-c2cccc(CCN)c2)n1. The van der Waals surface area contributed by atoms with Crippen molar-refractivity contribution in [3.05, 3.63) is 35.7 Å². The van der Waals surface area contributed by atoms with E-state index in [4.69, 9.17) is 15.0 Å². The van der Waals surface area contributed by atoms with E-state index in [9.17, 15) is 0 Å². The van der Waals surface area contributed by atoms with Crippen molar-refractivity contribution in [2.75, 3.05) is 13.7 Å². The molecule has 0 saturated carbocycles. The molecular weight excluding hydrogens is 230 g/mol. The number of hydrogen-bond acceptors (Lipinski definition) is 5. The predicted octanol–water partition coefficient (Wildman–Crippen LogP) is 1.95. The normalized spacial score (nSPS) is 12.6. The van der Waals surface area contributed by atoms with Crippen LogP contribution in [0.2, 0.25) is 0 Å². The Hall–Kier alpha value is -1.72. The molecule has 18 heavy (non-hydrogen) atoms. The zero-order valence-electron chi connectivity index (χ0n) is 10.6. The van der Waals surface area contributed by atoms with Gasteiger partial charge in [-0.3, -0.25) is 0 Å². The summed E-state index contributed by atoms with van der Waals surface area (Å²) in [5, 5.41) is 3.90. The number of nitrogens with two attached hydrogens (primary N) is 1. The minimum atomic E-state index is -0.172. The summed E-state index contributed by atoms with van der Waals surface area (Å²) in [7, 11) is 1.61. The average Bonchev–Trinajstić information content (AvgIpc) is 2.88. The van der Waals surface area contributed by atoms with Gasteiger partial charge >= 0.3 is 0 Å². The van der Waals surface area contributed by atoms with Crippen LogP contribution in [0.25, 0.3) is 11.5 Å². The molecule has 1 aromatic carbocycles. The van der Waals surface area contributed by atoms with Crippen molar-refractivity contribution < 1.29 is 9.26 Å². The molecule has 0 fully saturated rings. The van der Waals surface area contributed by atoms with Crippen LogP contribution in [0.4, 0.5) is 0 Å². The van der Waals surface area contributed by atoms with Gasteiger partial charge in [-0.25, -0.2) is 0 Å². The van der Waals surface area contributed by atoms with Crippen LogP contribution in [0.15, 0.2) is 28.8 Å². The summed E-state index contributed by atoms with van der Waals surface area (Å²) in [6.45, 7) is 2.50. The molecule has 1 atom stereocenters. The van der Waals surface area contributed by atoms with Crippen molar-refractivity contribution in [3.63, 3.8) is 0 Å². The second-order valence-corrected chi connectivity index (χ2v) is 4.07. The minimum Gasteiger partial charge on any atom is -0.374 e. The van der Waals surface area contributed by atoms with E-state index in [-0.39, 0.29) is 6.10 Å². The van der Waals surface area contributed by atoms with Crippen molar-refractivity contribution in [2.45, 2.75) is 19.4 Å². The fourth-order valence-corrected chi connectivity index (χ4v) is 1.65. The summed E-state index contributed by atoms with van der Waals surface area (Å²) in [6.07, 6.45) is 0.665. The second kappa shape index (κ2) is 5.75. The van der Waals surface area contributed by atoms with Crippen LogP contribution in [0.3, 0.4) is 0 Å². The molecule has 0 bridgehead atoms. The lowest BCUT2D eigenvalue weighted by Gasteiger charge is -2.01. The van der Waals surface area contributed by atoms with E-state index in [2.05, 4.69) is 10.1 Å². The van der Waals surface area contributed by atoms with Crippen molar-refractivity contribution in [1.82, 2.24) is 10.1 Å². The van der Waals surface area contributed by atoms with E-state index in [1.54, 1.807) is 7.11 Å². The van der Waals surface area contributed by atoms with Crippen molar-refractivity contribution in [3.8, 4) is 11.5 Å². The molecule has 2 N–H and O–H groups in total. The molecule has 96 valence electrons. The Balaban J connectivity index is 2.25. The minimum absolute atomic E-state index is 0.172. The van der Waals surface area contributed by atoms with E-state index in [0.717, 1.165) is 17.5 Å². The summed E-state index contributed by atoms with van der Waals surface area (Å²) in [5.74, 6) is 1.06. The maximum absolute atomic E-state index is 5.54. The molecule has 2 rings (SSSR count). The third-order valence-electron chi connectivity index (χ3n) is 2.77. The third-order valence-corrected chi connectivity index (χ3v) is 2.77. The number of nitrogens with zero attached hydrogens (tertiary/aromatic N) is 2. The Morgan fingerprint density at radius 3 is 3.00 bits per heavy atom. The summed E-state index contributed by atoms with van der Waals surface area (Å²) in [4.78, 5) is 4.32. The molecule has 0 amide bonds. The molecule has 5 heteroatoms. The lowest BCUT2D eigenvalue weighted by Crippen LogP contribution is -2.02. The van der Waals surface area contributed by atoms with Crippen LogP contribution in [0.5, 0.6) is 0 Å². The summed E-state index contributed by atoms with van der Waals surface area (Å²) in [6, 6.07) is 7.95. The van der Waals surface area contributed by atoms with Crippen LogP contribution in [-0.2, 0) is 11.2 Å². The molecule has 1 unspecified atom stereocenters. The molecular formula is C13H17N3O2. The molecule has 0 aliphatic heterocycles. The lowest BCUT2D eigenvalue weighted by molar-refractivity contribution is 0.109. The smallest absolute Gasteiger partial charge is 0.258 e. The number of hydrogen-bond donors (Lipinski definition) is 1. The molecule has 1 aromatic heterocycles. The average molecular weight is 247 g/mol. The number of benzene rings is 1. The van der Waals surface area contributed by atoms with Gasteiger partial charge in [0, 0.05) is 12.7 Å². The second-order valence-electron chi connectivity index (χ2n) is 4.07. The molecule has 2 aromatic rings.